The third-order valence-electron chi connectivity index (χ3n) is 2.91. The van der Waals surface area contributed by atoms with Crippen LogP contribution in [-0.4, -0.2) is 22.5 Å². The molecule has 0 fully saturated rings. The Morgan fingerprint density at radius 3 is 2.16 bits per heavy atom. The molecule has 0 spiro atoms. The third kappa shape index (κ3) is 2.37. The van der Waals surface area contributed by atoms with Gasteiger partial charge in [-0.05, 0) is 36.1 Å². The second-order valence-electron chi connectivity index (χ2n) is 4.02. The first-order chi connectivity index (χ1) is 8.89. The molecule has 0 radical (unpaired) electrons. The number of rotatable bonds is 3. The number of hydrogen-bond acceptors (Lipinski definition) is 2. The van der Waals surface area contributed by atoms with E-state index in [2.05, 4.69) is 4.98 Å². The van der Waals surface area contributed by atoms with E-state index in [1.807, 2.05) is 6.26 Å². The van der Waals surface area contributed by atoms with Crippen molar-refractivity contribution in [2.24, 2.45) is 0 Å². The Balaban J connectivity index is 2.55. The number of H-pyrrole nitrogens is 1. The highest BCUT2D eigenvalue weighted by Crippen LogP contribution is 2.43. The lowest BCUT2D eigenvalue weighted by Gasteiger charge is -2.30. The van der Waals surface area contributed by atoms with E-state index in [9.17, 15) is 18.3 Å². The number of aliphatic hydroxyl groups is 1. The summed E-state index contributed by atoms with van der Waals surface area (Å²) in [6.45, 7) is 0. The first kappa shape index (κ1) is 14.0. The number of aromatic amines is 1. The molecule has 102 valence electrons. The molecule has 0 aliphatic rings. The molecule has 1 atom stereocenters. The Morgan fingerprint density at radius 1 is 1.11 bits per heavy atom. The molecule has 6 heteroatoms. The van der Waals surface area contributed by atoms with Crippen LogP contribution in [0.4, 0.5) is 13.2 Å². The fraction of sp³-hybridized carbons (Fsp3) is 0.231. The summed E-state index contributed by atoms with van der Waals surface area (Å²) in [5.41, 5.74) is -3.52. The van der Waals surface area contributed by atoms with Crippen LogP contribution in [-0.2, 0) is 5.60 Å². The highest BCUT2D eigenvalue weighted by molar-refractivity contribution is 7.98. The molecule has 0 amide bonds. The molecule has 2 N–H and O–H groups in total. The second kappa shape index (κ2) is 4.94. The van der Waals surface area contributed by atoms with Gasteiger partial charge in [0.05, 0.1) is 5.69 Å². The average Bonchev–Trinajstić information content (AvgIpc) is 2.90. The van der Waals surface area contributed by atoms with Crippen molar-refractivity contribution in [2.75, 3.05) is 6.26 Å². The molecule has 1 aromatic heterocycles. The monoisotopic (exact) mass is 287 g/mol. The first-order valence-electron chi connectivity index (χ1n) is 5.47. The van der Waals surface area contributed by atoms with Gasteiger partial charge >= 0.3 is 6.18 Å². The number of thioether (sulfide) groups is 1. The number of benzene rings is 1. The Morgan fingerprint density at radius 2 is 1.74 bits per heavy atom. The van der Waals surface area contributed by atoms with Gasteiger partial charge in [-0.3, -0.25) is 0 Å². The normalized spacial score (nSPS) is 15.2. The second-order valence-corrected chi connectivity index (χ2v) is 4.90. The molecule has 0 unspecified atom stereocenters. The molecule has 1 heterocycles. The third-order valence-corrected chi connectivity index (χ3v) is 3.65. The maximum atomic E-state index is 13.3. The topological polar surface area (TPSA) is 36.0 Å². The molecular weight excluding hydrogens is 275 g/mol. The molecule has 1 aromatic carbocycles. The molecule has 0 saturated carbocycles. The van der Waals surface area contributed by atoms with Gasteiger partial charge in [0.1, 0.15) is 0 Å². The summed E-state index contributed by atoms with van der Waals surface area (Å²) in [4.78, 5) is 3.27. The Hall–Kier alpha value is -1.40. The van der Waals surface area contributed by atoms with Crippen LogP contribution >= 0.6 is 11.8 Å². The fourth-order valence-corrected chi connectivity index (χ4v) is 2.27. The Bertz CT molecular complexity index is 536. The van der Waals surface area contributed by atoms with Crippen LogP contribution in [0.15, 0.2) is 47.5 Å². The zero-order valence-corrected chi connectivity index (χ0v) is 10.8. The first-order valence-corrected chi connectivity index (χ1v) is 6.69. The summed E-state index contributed by atoms with van der Waals surface area (Å²) in [5, 5.41) is 10.2. The van der Waals surface area contributed by atoms with E-state index in [4.69, 9.17) is 0 Å². The summed E-state index contributed by atoms with van der Waals surface area (Å²) in [5.74, 6) is 0. The van der Waals surface area contributed by atoms with E-state index in [-0.39, 0.29) is 11.3 Å². The Labute approximate surface area is 112 Å². The van der Waals surface area contributed by atoms with Crippen LogP contribution in [0.5, 0.6) is 0 Å². The van der Waals surface area contributed by atoms with Gasteiger partial charge in [-0.15, -0.1) is 11.8 Å². The summed E-state index contributed by atoms with van der Waals surface area (Å²) in [6.07, 6.45) is -1.63. The predicted molar refractivity (Wildman–Crippen MR) is 68.1 cm³/mol. The SMILES string of the molecule is CSc1ccc([C@@](O)(c2ccc[nH]2)C(F)(F)F)cc1. The van der Waals surface area contributed by atoms with Gasteiger partial charge in [0.15, 0.2) is 0 Å². The molecule has 2 rings (SSSR count). The van der Waals surface area contributed by atoms with Crippen LogP contribution in [0.3, 0.4) is 0 Å². The number of hydrogen-bond donors (Lipinski definition) is 2. The van der Waals surface area contributed by atoms with E-state index in [0.29, 0.717) is 0 Å². The zero-order chi connectivity index (χ0) is 14.1. The minimum atomic E-state index is -4.81. The summed E-state index contributed by atoms with van der Waals surface area (Å²) in [7, 11) is 0. The van der Waals surface area contributed by atoms with Gasteiger partial charge in [-0.2, -0.15) is 13.2 Å². The average molecular weight is 287 g/mol. The van der Waals surface area contributed by atoms with Crippen molar-refractivity contribution in [3.05, 3.63) is 53.9 Å². The van der Waals surface area contributed by atoms with Crippen LogP contribution in [0, 0.1) is 0 Å². The van der Waals surface area contributed by atoms with Gasteiger partial charge in [-0.25, -0.2) is 0 Å². The molecule has 0 aliphatic heterocycles. The van der Waals surface area contributed by atoms with Gasteiger partial charge in [0.25, 0.3) is 0 Å². The minimum Gasteiger partial charge on any atom is -0.371 e. The van der Waals surface area contributed by atoms with Gasteiger partial charge in [-0.1, -0.05) is 12.1 Å². The number of nitrogens with one attached hydrogen (secondary N) is 1. The van der Waals surface area contributed by atoms with Crippen molar-refractivity contribution < 1.29 is 18.3 Å². The summed E-state index contributed by atoms with van der Waals surface area (Å²) < 4.78 is 39.8. The van der Waals surface area contributed by atoms with Crippen LogP contribution in [0.2, 0.25) is 0 Å². The summed E-state index contributed by atoms with van der Waals surface area (Å²) in [6, 6.07) is 8.33. The molecule has 2 nitrogen and oxygen atoms in total. The van der Waals surface area contributed by atoms with Crippen LogP contribution in [0.25, 0.3) is 0 Å². The number of alkyl halides is 3. The van der Waals surface area contributed by atoms with Crippen molar-refractivity contribution in [1.82, 2.24) is 4.98 Å². The quantitative estimate of drug-likeness (QED) is 0.847. The molecular formula is C13H12F3NOS. The number of halogens is 3. The zero-order valence-electron chi connectivity index (χ0n) is 10.0. The maximum Gasteiger partial charge on any atom is 0.427 e. The van der Waals surface area contributed by atoms with Crippen LogP contribution < -0.4 is 0 Å². The van der Waals surface area contributed by atoms with Gasteiger partial charge in [0.2, 0.25) is 5.60 Å². The molecule has 19 heavy (non-hydrogen) atoms. The van der Waals surface area contributed by atoms with E-state index in [0.717, 1.165) is 4.90 Å². The fourth-order valence-electron chi connectivity index (χ4n) is 1.86. The maximum absolute atomic E-state index is 13.3. The standard InChI is InChI=1S/C13H12F3NOS/c1-19-10-6-4-9(5-7-10)12(18,13(14,15)16)11-3-2-8-17-11/h2-8,17-18H,1H3/t12-/m1/s1. The number of aromatic nitrogens is 1. The Kier molecular flexibility index (Phi) is 3.64. The van der Waals surface area contributed by atoms with Crippen molar-refractivity contribution in [2.45, 2.75) is 16.7 Å². The summed E-state index contributed by atoms with van der Waals surface area (Å²) >= 11 is 1.42. The smallest absolute Gasteiger partial charge is 0.371 e. The lowest BCUT2D eigenvalue weighted by atomic mass is 9.90. The largest absolute Gasteiger partial charge is 0.427 e. The van der Waals surface area contributed by atoms with E-state index < -0.39 is 11.8 Å². The van der Waals surface area contributed by atoms with Crippen molar-refractivity contribution in [3.63, 3.8) is 0 Å². The molecule has 0 aliphatic carbocycles. The molecule has 0 bridgehead atoms. The van der Waals surface area contributed by atoms with Gasteiger partial charge in [0, 0.05) is 11.1 Å². The van der Waals surface area contributed by atoms with Crippen molar-refractivity contribution >= 4 is 11.8 Å². The van der Waals surface area contributed by atoms with Crippen molar-refractivity contribution in [3.8, 4) is 0 Å². The highest BCUT2D eigenvalue weighted by atomic mass is 32.2. The van der Waals surface area contributed by atoms with Crippen LogP contribution in [0.1, 0.15) is 11.3 Å². The molecule has 0 saturated heterocycles. The van der Waals surface area contributed by atoms with E-state index in [1.165, 1.54) is 42.2 Å². The van der Waals surface area contributed by atoms with Crippen molar-refractivity contribution in [1.29, 1.82) is 0 Å². The highest BCUT2D eigenvalue weighted by Gasteiger charge is 2.57. The van der Waals surface area contributed by atoms with Gasteiger partial charge < -0.3 is 10.1 Å². The van der Waals surface area contributed by atoms with E-state index in [1.54, 1.807) is 12.1 Å². The molecule has 2 aromatic rings. The lowest BCUT2D eigenvalue weighted by molar-refractivity contribution is -0.249. The lowest BCUT2D eigenvalue weighted by Crippen LogP contribution is -2.43. The predicted octanol–water partition coefficient (Wildman–Crippen LogP) is 3.53. The van der Waals surface area contributed by atoms with E-state index >= 15 is 0 Å². The minimum absolute atomic E-state index is 0.208.